The monoisotopic (exact) mass is 266 g/mol. The summed E-state index contributed by atoms with van der Waals surface area (Å²) in [6.45, 7) is 8.49. The van der Waals surface area contributed by atoms with E-state index in [0.29, 0.717) is 17.5 Å². The van der Waals surface area contributed by atoms with Gasteiger partial charge in [-0.3, -0.25) is 0 Å². The van der Waals surface area contributed by atoms with Gasteiger partial charge in [-0.05, 0) is 56.4 Å². The van der Waals surface area contributed by atoms with Crippen molar-refractivity contribution < 1.29 is 0 Å². The maximum atomic E-state index is 6.42. The lowest BCUT2D eigenvalue weighted by molar-refractivity contribution is 0.0577. The molecule has 0 amide bonds. The Balaban J connectivity index is 1.93. The molecule has 2 aliphatic carbocycles. The van der Waals surface area contributed by atoms with Gasteiger partial charge < -0.3 is 10.6 Å². The summed E-state index contributed by atoms with van der Waals surface area (Å²) >= 11 is 0. The first kappa shape index (κ1) is 15.3. The zero-order valence-corrected chi connectivity index (χ0v) is 13.5. The van der Waals surface area contributed by atoms with Crippen LogP contribution in [0, 0.1) is 17.3 Å². The minimum atomic E-state index is 0.397. The number of nitrogens with two attached hydrogens (primary N) is 1. The Morgan fingerprint density at radius 3 is 2.37 bits per heavy atom. The molecule has 0 spiro atoms. The number of hydrogen-bond acceptors (Lipinski definition) is 2. The van der Waals surface area contributed by atoms with Gasteiger partial charge in [-0.15, -0.1) is 0 Å². The number of hydrogen-bond donors (Lipinski definition) is 1. The van der Waals surface area contributed by atoms with Crippen molar-refractivity contribution in [2.45, 2.75) is 77.8 Å². The maximum absolute atomic E-state index is 6.42. The van der Waals surface area contributed by atoms with E-state index < -0.39 is 0 Å². The third kappa shape index (κ3) is 3.52. The summed E-state index contributed by atoms with van der Waals surface area (Å²) in [5, 5.41) is 0. The summed E-state index contributed by atoms with van der Waals surface area (Å²) in [6, 6.07) is 1.01. The molecule has 0 aromatic heterocycles. The molecule has 0 heterocycles. The summed E-state index contributed by atoms with van der Waals surface area (Å²) in [7, 11) is 2.31. The highest BCUT2D eigenvalue weighted by Crippen LogP contribution is 2.41. The molecule has 19 heavy (non-hydrogen) atoms. The fourth-order valence-electron chi connectivity index (χ4n) is 3.89. The summed E-state index contributed by atoms with van der Waals surface area (Å²) in [4.78, 5) is 2.59. The van der Waals surface area contributed by atoms with E-state index >= 15 is 0 Å². The summed E-state index contributed by atoms with van der Waals surface area (Å²) < 4.78 is 0. The Labute approximate surface area is 120 Å². The minimum Gasteiger partial charge on any atom is -0.326 e. The van der Waals surface area contributed by atoms with Gasteiger partial charge in [0, 0.05) is 18.6 Å². The molecule has 3 atom stereocenters. The van der Waals surface area contributed by atoms with Crippen molar-refractivity contribution in [3.63, 3.8) is 0 Å². The van der Waals surface area contributed by atoms with Gasteiger partial charge in [0.15, 0.2) is 0 Å². The van der Waals surface area contributed by atoms with E-state index in [0.717, 1.165) is 11.8 Å². The Morgan fingerprint density at radius 2 is 1.84 bits per heavy atom. The zero-order valence-electron chi connectivity index (χ0n) is 13.5. The molecular formula is C17H34N2. The van der Waals surface area contributed by atoms with E-state index in [1.165, 1.54) is 51.5 Å². The molecule has 0 bridgehead atoms. The highest BCUT2D eigenvalue weighted by molar-refractivity contribution is 4.93. The van der Waals surface area contributed by atoms with Crippen LogP contribution in [0.4, 0.5) is 0 Å². The molecule has 0 radical (unpaired) electrons. The molecule has 2 saturated carbocycles. The van der Waals surface area contributed by atoms with Crippen molar-refractivity contribution >= 4 is 0 Å². The smallest absolute Gasteiger partial charge is 0.0247 e. The van der Waals surface area contributed by atoms with Gasteiger partial charge in [0.2, 0.25) is 0 Å². The van der Waals surface area contributed by atoms with Gasteiger partial charge >= 0.3 is 0 Å². The second kappa shape index (κ2) is 6.13. The number of likely N-dealkylation sites (N-methyl/N-ethyl adjacent to an activating group) is 1. The Morgan fingerprint density at radius 1 is 1.16 bits per heavy atom. The molecule has 2 aliphatic rings. The van der Waals surface area contributed by atoms with Crippen LogP contribution in [0.15, 0.2) is 0 Å². The highest BCUT2D eigenvalue weighted by Gasteiger charge is 2.38. The predicted octanol–water partition coefficient (Wildman–Crippen LogP) is 3.65. The van der Waals surface area contributed by atoms with Gasteiger partial charge in [0.05, 0.1) is 0 Å². The van der Waals surface area contributed by atoms with Crippen LogP contribution in [-0.2, 0) is 0 Å². The van der Waals surface area contributed by atoms with Crippen molar-refractivity contribution in [2.24, 2.45) is 23.0 Å². The predicted molar refractivity (Wildman–Crippen MR) is 83.1 cm³/mol. The van der Waals surface area contributed by atoms with Crippen LogP contribution in [0.5, 0.6) is 0 Å². The second-order valence-corrected chi connectivity index (χ2v) is 7.82. The largest absolute Gasteiger partial charge is 0.326 e. The maximum Gasteiger partial charge on any atom is 0.0247 e. The first-order valence-corrected chi connectivity index (χ1v) is 8.40. The van der Waals surface area contributed by atoms with Crippen molar-refractivity contribution in [3.8, 4) is 0 Å². The van der Waals surface area contributed by atoms with Crippen LogP contribution in [0.1, 0.15) is 65.7 Å². The molecule has 2 fully saturated rings. The standard InChI is InChI=1S/C17H34N2/c1-5-17(2,3)14-9-10-15(18)16(11-14)19(4)12-13-7-6-8-13/h13-16H,5-12,18H2,1-4H3. The molecule has 2 heteroatoms. The molecule has 2 N–H and O–H groups in total. The summed E-state index contributed by atoms with van der Waals surface area (Å²) in [6.07, 6.45) is 9.47. The SMILES string of the molecule is CCC(C)(C)C1CCC(N)C(N(C)CC2CCC2)C1. The van der Waals surface area contributed by atoms with Crippen molar-refractivity contribution in [2.75, 3.05) is 13.6 Å². The Hall–Kier alpha value is -0.0800. The van der Waals surface area contributed by atoms with E-state index in [1.54, 1.807) is 0 Å². The normalized spacial score (nSPS) is 33.5. The molecule has 0 aromatic rings. The average molecular weight is 266 g/mol. The first-order valence-electron chi connectivity index (χ1n) is 8.40. The molecule has 3 unspecified atom stereocenters. The fraction of sp³-hybridized carbons (Fsp3) is 1.00. The second-order valence-electron chi connectivity index (χ2n) is 7.82. The zero-order chi connectivity index (χ0) is 14.0. The van der Waals surface area contributed by atoms with Crippen molar-refractivity contribution in [1.82, 2.24) is 4.90 Å². The third-order valence-electron chi connectivity index (χ3n) is 6.22. The quantitative estimate of drug-likeness (QED) is 0.823. The molecular weight excluding hydrogens is 232 g/mol. The van der Waals surface area contributed by atoms with Crippen LogP contribution in [0.3, 0.4) is 0 Å². The molecule has 0 aliphatic heterocycles. The lowest BCUT2D eigenvalue weighted by Crippen LogP contribution is -2.52. The lowest BCUT2D eigenvalue weighted by Gasteiger charge is -2.46. The van der Waals surface area contributed by atoms with Gasteiger partial charge in [-0.1, -0.05) is 33.6 Å². The van der Waals surface area contributed by atoms with E-state index in [4.69, 9.17) is 5.73 Å². The fourth-order valence-corrected chi connectivity index (χ4v) is 3.89. The van der Waals surface area contributed by atoms with Crippen molar-refractivity contribution in [1.29, 1.82) is 0 Å². The summed E-state index contributed by atoms with van der Waals surface area (Å²) in [5.74, 6) is 1.81. The molecule has 2 rings (SSSR count). The van der Waals surface area contributed by atoms with Crippen molar-refractivity contribution in [3.05, 3.63) is 0 Å². The minimum absolute atomic E-state index is 0.397. The Kier molecular flexibility index (Phi) is 4.94. The Bertz CT molecular complexity index is 283. The lowest BCUT2D eigenvalue weighted by atomic mass is 9.67. The third-order valence-corrected chi connectivity index (χ3v) is 6.22. The van der Waals surface area contributed by atoms with Crippen LogP contribution in [-0.4, -0.2) is 30.6 Å². The highest BCUT2D eigenvalue weighted by atomic mass is 15.2. The van der Waals surface area contributed by atoms with Gasteiger partial charge in [0.25, 0.3) is 0 Å². The van der Waals surface area contributed by atoms with E-state index in [9.17, 15) is 0 Å². The number of nitrogens with zero attached hydrogens (tertiary/aromatic N) is 1. The van der Waals surface area contributed by atoms with Crippen LogP contribution in [0.25, 0.3) is 0 Å². The van der Waals surface area contributed by atoms with Crippen LogP contribution in [0.2, 0.25) is 0 Å². The van der Waals surface area contributed by atoms with E-state index in [2.05, 4.69) is 32.7 Å². The van der Waals surface area contributed by atoms with Gasteiger partial charge in [0.1, 0.15) is 0 Å². The topological polar surface area (TPSA) is 29.3 Å². The first-order chi connectivity index (χ1) is 8.94. The average Bonchev–Trinajstić information content (AvgIpc) is 2.33. The van der Waals surface area contributed by atoms with Gasteiger partial charge in [-0.2, -0.15) is 0 Å². The number of rotatable bonds is 5. The molecule has 112 valence electrons. The van der Waals surface area contributed by atoms with Gasteiger partial charge in [-0.25, -0.2) is 0 Å². The molecule has 0 saturated heterocycles. The summed E-state index contributed by atoms with van der Waals surface area (Å²) in [5.41, 5.74) is 6.90. The van der Waals surface area contributed by atoms with Crippen LogP contribution >= 0.6 is 0 Å². The van der Waals surface area contributed by atoms with Crippen LogP contribution < -0.4 is 5.73 Å². The van der Waals surface area contributed by atoms with E-state index in [-0.39, 0.29) is 0 Å². The van der Waals surface area contributed by atoms with E-state index in [1.807, 2.05) is 0 Å². The molecule has 2 nitrogen and oxygen atoms in total. The molecule has 0 aromatic carbocycles.